The minimum Gasteiger partial charge on any atom is -0.442 e. The van der Waals surface area contributed by atoms with Crippen LogP contribution in [0.25, 0.3) is 0 Å². The van der Waals surface area contributed by atoms with Crippen molar-refractivity contribution in [3.8, 4) is 5.75 Å². The Morgan fingerprint density at radius 2 is 2.05 bits per heavy atom. The molecule has 0 N–H and O–H groups in total. The zero-order valence-corrected chi connectivity index (χ0v) is 14.3. The van der Waals surface area contributed by atoms with Crippen LogP contribution in [-0.2, 0) is 0 Å². The second-order valence-electron chi connectivity index (χ2n) is 4.49. The van der Waals surface area contributed by atoms with Gasteiger partial charge >= 0.3 is 5.97 Å². The Morgan fingerprint density at radius 3 is 2.60 bits per heavy atom. The van der Waals surface area contributed by atoms with E-state index in [9.17, 15) is 4.79 Å². The van der Waals surface area contributed by atoms with Gasteiger partial charge in [-0.15, -0.1) is 0 Å². The van der Waals surface area contributed by atoms with Crippen molar-refractivity contribution in [1.82, 2.24) is 0 Å². The van der Waals surface area contributed by atoms with E-state index in [1.165, 1.54) is 5.56 Å². The first kappa shape index (κ1) is 15.3. The Bertz CT molecular complexity index is 619. The first-order valence-corrected chi connectivity index (χ1v) is 7.86. The molecular weight excluding hydrogens is 388 g/mol. The topological polar surface area (TPSA) is 39.4 Å². The molecule has 3 nitrogen and oxygen atoms in total. The van der Waals surface area contributed by atoms with Crippen LogP contribution in [0.2, 0.25) is 0 Å². The van der Waals surface area contributed by atoms with Gasteiger partial charge in [-0.05, 0) is 74.0 Å². The van der Waals surface area contributed by atoms with Crippen molar-refractivity contribution in [2.75, 3.05) is 0 Å². The molecule has 0 aliphatic heterocycles. The molecular formula is C15H14Br2O3. The van der Waals surface area contributed by atoms with Gasteiger partial charge in [-0.25, -0.2) is 4.79 Å². The lowest BCUT2D eigenvalue weighted by molar-refractivity contribution is 0.0698. The van der Waals surface area contributed by atoms with Gasteiger partial charge < -0.3 is 9.15 Å². The predicted octanol–water partition coefficient (Wildman–Crippen LogP) is 5.54. The molecule has 0 spiro atoms. The van der Waals surface area contributed by atoms with Gasteiger partial charge in [-0.2, -0.15) is 0 Å². The van der Waals surface area contributed by atoms with Crippen molar-refractivity contribution in [2.24, 2.45) is 0 Å². The number of esters is 1. The third-order valence-corrected chi connectivity index (χ3v) is 4.16. The van der Waals surface area contributed by atoms with Gasteiger partial charge in [0.25, 0.3) is 0 Å². The molecule has 2 aromatic rings. The Balaban J connectivity index is 2.16. The number of hydrogen-bond donors (Lipinski definition) is 0. The molecule has 0 amide bonds. The van der Waals surface area contributed by atoms with Crippen LogP contribution >= 0.6 is 31.9 Å². The van der Waals surface area contributed by atoms with Gasteiger partial charge in [0.05, 0.1) is 4.47 Å². The second kappa shape index (κ2) is 6.59. The predicted molar refractivity (Wildman–Crippen MR) is 84.2 cm³/mol. The monoisotopic (exact) mass is 400 g/mol. The van der Waals surface area contributed by atoms with Crippen molar-refractivity contribution in [3.63, 3.8) is 0 Å². The summed E-state index contributed by atoms with van der Waals surface area (Å²) in [5, 5.41) is 0. The third kappa shape index (κ3) is 3.52. The van der Waals surface area contributed by atoms with E-state index < -0.39 is 5.97 Å². The van der Waals surface area contributed by atoms with E-state index in [1.54, 1.807) is 18.2 Å². The maximum Gasteiger partial charge on any atom is 0.379 e. The zero-order chi connectivity index (χ0) is 14.7. The number of carbonyl (C=O) groups is 1. The Hall–Kier alpha value is -1.07. The van der Waals surface area contributed by atoms with Gasteiger partial charge in [0.2, 0.25) is 5.76 Å². The number of hydrogen-bond acceptors (Lipinski definition) is 3. The minimum absolute atomic E-state index is 0.162. The van der Waals surface area contributed by atoms with Crippen LogP contribution in [0.5, 0.6) is 5.75 Å². The zero-order valence-electron chi connectivity index (χ0n) is 11.2. The van der Waals surface area contributed by atoms with Crippen molar-refractivity contribution >= 4 is 37.8 Å². The number of ether oxygens (including phenoxy) is 1. The first-order valence-electron chi connectivity index (χ1n) is 6.28. The van der Waals surface area contributed by atoms with Gasteiger partial charge in [0.1, 0.15) is 5.75 Å². The Kier molecular flexibility index (Phi) is 5.05. The Labute approximate surface area is 134 Å². The third-order valence-electron chi connectivity index (χ3n) is 3.11. The lowest BCUT2D eigenvalue weighted by Gasteiger charge is -2.11. The van der Waals surface area contributed by atoms with Crippen LogP contribution in [0.4, 0.5) is 0 Å². The van der Waals surface area contributed by atoms with Crippen molar-refractivity contribution in [1.29, 1.82) is 0 Å². The highest BCUT2D eigenvalue weighted by Gasteiger charge is 2.15. The molecule has 2 rings (SSSR count). The first-order chi connectivity index (χ1) is 9.51. The number of halogens is 2. The fourth-order valence-electron chi connectivity index (χ4n) is 1.72. The van der Waals surface area contributed by atoms with E-state index in [0.29, 0.717) is 16.3 Å². The highest BCUT2D eigenvalue weighted by atomic mass is 79.9. The largest absolute Gasteiger partial charge is 0.442 e. The molecule has 0 saturated carbocycles. The summed E-state index contributed by atoms with van der Waals surface area (Å²) >= 11 is 6.58. The van der Waals surface area contributed by atoms with Crippen LogP contribution < -0.4 is 4.74 Å². The summed E-state index contributed by atoms with van der Waals surface area (Å²) in [6.45, 7) is 4.30. The Morgan fingerprint density at radius 1 is 1.30 bits per heavy atom. The average Bonchev–Trinajstić information content (AvgIpc) is 2.86. The molecule has 106 valence electrons. The maximum absolute atomic E-state index is 11.9. The number of furan rings is 1. The van der Waals surface area contributed by atoms with Crippen molar-refractivity contribution in [2.45, 2.75) is 26.2 Å². The fourth-order valence-corrected chi connectivity index (χ4v) is 2.50. The van der Waals surface area contributed by atoms with E-state index >= 15 is 0 Å². The summed E-state index contributed by atoms with van der Waals surface area (Å²) in [6.07, 6.45) is 1.06. The summed E-state index contributed by atoms with van der Waals surface area (Å²) in [6, 6.07) is 8.96. The summed E-state index contributed by atoms with van der Waals surface area (Å²) in [5.41, 5.74) is 1.21. The maximum atomic E-state index is 11.9. The lowest BCUT2D eigenvalue weighted by atomic mass is 9.99. The van der Waals surface area contributed by atoms with Gasteiger partial charge in [-0.3, -0.25) is 0 Å². The molecule has 1 unspecified atom stereocenters. The summed E-state index contributed by atoms with van der Waals surface area (Å²) in [7, 11) is 0. The smallest absolute Gasteiger partial charge is 0.379 e. The molecule has 0 aliphatic carbocycles. The molecule has 0 fully saturated rings. The normalized spacial score (nSPS) is 12.2. The molecule has 20 heavy (non-hydrogen) atoms. The van der Waals surface area contributed by atoms with Crippen LogP contribution in [0.1, 0.15) is 42.3 Å². The van der Waals surface area contributed by atoms with Gasteiger partial charge in [0.15, 0.2) is 4.67 Å². The standard InChI is InChI=1S/C15H14Br2O3/c1-3-9(2)10-4-5-12(11(16)8-10)20-15(18)13-6-7-14(17)19-13/h4-9H,3H2,1-2H3. The number of rotatable bonds is 4. The van der Waals surface area contributed by atoms with E-state index in [-0.39, 0.29) is 5.76 Å². The fraction of sp³-hybridized carbons (Fsp3) is 0.267. The molecule has 0 radical (unpaired) electrons. The van der Waals surface area contributed by atoms with Crippen LogP contribution in [0.3, 0.4) is 0 Å². The molecule has 1 aromatic carbocycles. The average molecular weight is 402 g/mol. The van der Waals surface area contributed by atoms with Crippen LogP contribution in [0, 0.1) is 0 Å². The van der Waals surface area contributed by atoms with E-state index in [0.717, 1.165) is 10.9 Å². The van der Waals surface area contributed by atoms with Crippen molar-refractivity contribution in [3.05, 3.63) is 50.8 Å². The number of carbonyl (C=O) groups excluding carboxylic acids is 1. The highest BCUT2D eigenvalue weighted by Crippen LogP contribution is 2.30. The van der Waals surface area contributed by atoms with Crippen LogP contribution in [0.15, 0.2) is 43.9 Å². The SMILES string of the molecule is CCC(C)c1ccc(OC(=O)c2ccc(Br)o2)c(Br)c1. The molecule has 5 heteroatoms. The quantitative estimate of drug-likeness (QED) is 0.498. The molecule has 1 aromatic heterocycles. The van der Waals surface area contributed by atoms with E-state index in [1.807, 2.05) is 12.1 Å². The van der Waals surface area contributed by atoms with E-state index in [2.05, 4.69) is 45.7 Å². The second-order valence-corrected chi connectivity index (χ2v) is 6.13. The molecule has 0 saturated heterocycles. The van der Waals surface area contributed by atoms with Gasteiger partial charge in [-0.1, -0.05) is 19.9 Å². The summed E-state index contributed by atoms with van der Waals surface area (Å²) in [4.78, 5) is 11.9. The number of benzene rings is 1. The lowest BCUT2D eigenvalue weighted by Crippen LogP contribution is -2.07. The van der Waals surface area contributed by atoms with E-state index in [4.69, 9.17) is 9.15 Å². The molecule has 0 bridgehead atoms. The van der Waals surface area contributed by atoms with Crippen molar-refractivity contribution < 1.29 is 13.9 Å². The molecule has 1 atom stereocenters. The molecule has 1 heterocycles. The summed E-state index contributed by atoms with van der Waals surface area (Å²) in [5.74, 6) is 0.592. The van der Waals surface area contributed by atoms with Crippen LogP contribution in [-0.4, -0.2) is 5.97 Å². The van der Waals surface area contributed by atoms with Gasteiger partial charge in [0, 0.05) is 0 Å². The highest BCUT2D eigenvalue weighted by molar-refractivity contribution is 9.10. The molecule has 0 aliphatic rings. The minimum atomic E-state index is -0.521. The summed E-state index contributed by atoms with van der Waals surface area (Å²) < 4.78 is 11.7.